The van der Waals surface area contributed by atoms with E-state index in [-0.39, 0.29) is 19.1 Å². The lowest BCUT2D eigenvalue weighted by Crippen LogP contribution is -2.42. The van der Waals surface area contributed by atoms with Crippen LogP contribution in [0.4, 0.5) is 0 Å². The van der Waals surface area contributed by atoms with Gasteiger partial charge in [-0.15, -0.1) is 0 Å². The van der Waals surface area contributed by atoms with E-state index < -0.39 is 12.2 Å². The molecule has 2 unspecified atom stereocenters. The zero-order valence-electron chi connectivity index (χ0n) is 10.3. The highest BCUT2D eigenvalue weighted by Gasteiger charge is 2.28. The third-order valence-corrected chi connectivity index (χ3v) is 2.81. The summed E-state index contributed by atoms with van der Waals surface area (Å²) in [7, 11) is 1.50. The smallest absolute Gasteiger partial charge is 0.261 e. The minimum Gasteiger partial charge on any atom is -0.480 e. The van der Waals surface area contributed by atoms with Gasteiger partial charge in [-0.25, -0.2) is 0 Å². The maximum Gasteiger partial charge on any atom is 0.261 e. The van der Waals surface area contributed by atoms with Crippen molar-refractivity contribution in [2.24, 2.45) is 0 Å². The summed E-state index contributed by atoms with van der Waals surface area (Å²) >= 11 is 0. The number of para-hydroxylation sites is 1. The number of aliphatic hydroxyl groups is 1. The van der Waals surface area contributed by atoms with E-state index in [1.165, 1.54) is 7.11 Å². The molecule has 1 heterocycles. The number of hydrogen-bond donors (Lipinski definition) is 2. The molecule has 1 aliphatic rings. The molecule has 18 heavy (non-hydrogen) atoms. The number of amides is 1. The SMILES string of the molecule is COCC(O)CNC(=O)C1Cc2ccccc2O1. The van der Waals surface area contributed by atoms with Crippen molar-refractivity contribution in [2.75, 3.05) is 20.3 Å². The molecule has 5 heteroatoms. The first-order valence-electron chi connectivity index (χ1n) is 5.90. The quantitative estimate of drug-likeness (QED) is 0.779. The van der Waals surface area contributed by atoms with Crippen molar-refractivity contribution in [2.45, 2.75) is 18.6 Å². The first-order valence-corrected chi connectivity index (χ1v) is 5.90. The fourth-order valence-corrected chi connectivity index (χ4v) is 1.91. The Balaban J connectivity index is 1.82. The van der Waals surface area contributed by atoms with Gasteiger partial charge in [0.2, 0.25) is 0 Å². The highest BCUT2D eigenvalue weighted by Crippen LogP contribution is 2.27. The molecule has 98 valence electrons. The van der Waals surface area contributed by atoms with Gasteiger partial charge in [0, 0.05) is 20.1 Å². The normalized spacial score (nSPS) is 18.9. The standard InChI is InChI=1S/C13H17NO4/c1-17-8-10(15)7-14-13(16)12-6-9-4-2-3-5-11(9)18-12/h2-5,10,12,15H,6-8H2,1H3,(H,14,16). The zero-order chi connectivity index (χ0) is 13.0. The molecule has 0 aromatic heterocycles. The van der Waals surface area contributed by atoms with Gasteiger partial charge in [-0.05, 0) is 11.6 Å². The van der Waals surface area contributed by atoms with Crippen LogP contribution in [0.3, 0.4) is 0 Å². The van der Waals surface area contributed by atoms with E-state index in [0.717, 1.165) is 11.3 Å². The zero-order valence-corrected chi connectivity index (χ0v) is 10.3. The minimum absolute atomic E-state index is 0.170. The van der Waals surface area contributed by atoms with Crippen molar-refractivity contribution in [3.63, 3.8) is 0 Å². The number of aliphatic hydroxyl groups excluding tert-OH is 1. The monoisotopic (exact) mass is 251 g/mol. The Morgan fingerprint density at radius 3 is 3.11 bits per heavy atom. The first kappa shape index (κ1) is 12.9. The van der Waals surface area contributed by atoms with E-state index in [0.29, 0.717) is 6.42 Å². The van der Waals surface area contributed by atoms with Crippen LogP contribution in [0, 0.1) is 0 Å². The Hall–Kier alpha value is -1.59. The van der Waals surface area contributed by atoms with Crippen LogP contribution >= 0.6 is 0 Å². The third-order valence-electron chi connectivity index (χ3n) is 2.81. The molecule has 0 saturated heterocycles. The van der Waals surface area contributed by atoms with Gasteiger partial charge < -0.3 is 19.9 Å². The average molecular weight is 251 g/mol. The van der Waals surface area contributed by atoms with Crippen LogP contribution in [-0.4, -0.2) is 43.5 Å². The Labute approximate surface area is 106 Å². The van der Waals surface area contributed by atoms with Crippen LogP contribution in [-0.2, 0) is 16.0 Å². The van der Waals surface area contributed by atoms with E-state index in [1.54, 1.807) is 0 Å². The highest BCUT2D eigenvalue weighted by atomic mass is 16.5. The second-order valence-electron chi connectivity index (χ2n) is 4.27. The van der Waals surface area contributed by atoms with Gasteiger partial charge in [0.25, 0.3) is 5.91 Å². The van der Waals surface area contributed by atoms with Gasteiger partial charge in [0.1, 0.15) is 5.75 Å². The van der Waals surface area contributed by atoms with E-state index >= 15 is 0 Å². The number of benzene rings is 1. The molecule has 1 aromatic carbocycles. The van der Waals surface area contributed by atoms with Crippen LogP contribution in [0.2, 0.25) is 0 Å². The molecule has 0 radical (unpaired) electrons. The summed E-state index contributed by atoms with van der Waals surface area (Å²) in [4.78, 5) is 11.8. The van der Waals surface area contributed by atoms with Crippen molar-refractivity contribution in [3.05, 3.63) is 29.8 Å². The number of nitrogens with one attached hydrogen (secondary N) is 1. The number of hydrogen-bond acceptors (Lipinski definition) is 4. The fourth-order valence-electron chi connectivity index (χ4n) is 1.91. The summed E-state index contributed by atoms with van der Waals surface area (Å²) in [6, 6.07) is 7.59. The van der Waals surface area contributed by atoms with Crippen molar-refractivity contribution >= 4 is 5.91 Å². The Morgan fingerprint density at radius 2 is 2.39 bits per heavy atom. The Bertz CT molecular complexity index is 396. The third kappa shape index (κ3) is 3.00. The maximum absolute atomic E-state index is 11.8. The largest absolute Gasteiger partial charge is 0.480 e. The van der Waals surface area contributed by atoms with Crippen LogP contribution < -0.4 is 10.1 Å². The van der Waals surface area contributed by atoms with Crippen molar-refractivity contribution in [1.29, 1.82) is 0 Å². The number of fused-ring (bicyclic) bond motifs is 1. The number of methoxy groups -OCH3 is 1. The van der Waals surface area contributed by atoms with Crippen LogP contribution in [0.25, 0.3) is 0 Å². The van der Waals surface area contributed by atoms with Gasteiger partial charge in [-0.2, -0.15) is 0 Å². The molecule has 1 amide bonds. The summed E-state index contributed by atoms with van der Waals surface area (Å²) in [5.41, 5.74) is 1.04. The Kier molecular flexibility index (Phi) is 4.17. The number of ether oxygens (including phenoxy) is 2. The predicted molar refractivity (Wildman–Crippen MR) is 65.5 cm³/mol. The molecular formula is C13H17NO4. The molecule has 0 bridgehead atoms. The van der Waals surface area contributed by atoms with Crippen molar-refractivity contribution in [1.82, 2.24) is 5.32 Å². The van der Waals surface area contributed by atoms with Crippen LogP contribution in [0.1, 0.15) is 5.56 Å². The topological polar surface area (TPSA) is 67.8 Å². The molecule has 0 saturated carbocycles. The van der Waals surface area contributed by atoms with Gasteiger partial charge in [0.05, 0.1) is 12.7 Å². The molecule has 1 aromatic rings. The minimum atomic E-state index is -0.692. The molecular weight excluding hydrogens is 234 g/mol. The second-order valence-corrected chi connectivity index (χ2v) is 4.27. The molecule has 0 aliphatic carbocycles. The summed E-state index contributed by atoms with van der Waals surface area (Å²) in [6.45, 7) is 0.370. The molecule has 1 aliphatic heterocycles. The van der Waals surface area contributed by atoms with Crippen LogP contribution in [0.5, 0.6) is 5.75 Å². The van der Waals surface area contributed by atoms with E-state index in [4.69, 9.17) is 9.47 Å². The second kappa shape index (κ2) is 5.84. The number of carbonyl (C=O) groups excluding carboxylic acids is 1. The van der Waals surface area contributed by atoms with Gasteiger partial charge >= 0.3 is 0 Å². The summed E-state index contributed by atoms with van der Waals surface area (Å²) in [5, 5.41) is 12.1. The van der Waals surface area contributed by atoms with E-state index in [9.17, 15) is 9.90 Å². The lowest BCUT2D eigenvalue weighted by molar-refractivity contribution is -0.127. The highest BCUT2D eigenvalue weighted by molar-refractivity contribution is 5.82. The van der Waals surface area contributed by atoms with Gasteiger partial charge in [-0.1, -0.05) is 18.2 Å². The molecule has 5 nitrogen and oxygen atoms in total. The molecule has 0 spiro atoms. The summed E-state index contributed by atoms with van der Waals surface area (Å²) < 4.78 is 10.3. The predicted octanol–water partition coefficient (Wildman–Crippen LogP) is 0.114. The van der Waals surface area contributed by atoms with Crippen molar-refractivity contribution < 1.29 is 19.4 Å². The lowest BCUT2D eigenvalue weighted by atomic mass is 10.1. The fraction of sp³-hybridized carbons (Fsp3) is 0.462. The molecule has 2 N–H and O–H groups in total. The number of carbonyl (C=O) groups is 1. The molecule has 0 fully saturated rings. The first-order chi connectivity index (χ1) is 8.70. The summed E-state index contributed by atoms with van der Waals surface area (Å²) in [5.74, 6) is 0.552. The number of rotatable bonds is 5. The average Bonchev–Trinajstić information content (AvgIpc) is 2.80. The van der Waals surface area contributed by atoms with Crippen molar-refractivity contribution in [3.8, 4) is 5.75 Å². The van der Waals surface area contributed by atoms with E-state index in [1.807, 2.05) is 24.3 Å². The summed E-state index contributed by atoms with van der Waals surface area (Å²) in [6.07, 6.45) is -0.623. The van der Waals surface area contributed by atoms with Crippen LogP contribution in [0.15, 0.2) is 24.3 Å². The lowest BCUT2D eigenvalue weighted by Gasteiger charge is -2.14. The maximum atomic E-state index is 11.8. The molecule has 2 rings (SSSR count). The Morgan fingerprint density at radius 1 is 1.61 bits per heavy atom. The van der Waals surface area contributed by atoms with Gasteiger partial charge in [0.15, 0.2) is 6.10 Å². The van der Waals surface area contributed by atoms with Gasteiger partial charge in [-0.3, -0.25) is 4.79 Å². The molecule has 2 atom stereocenters. The van der Waals surface area contributed by atoms with E-state index in [2.05, 4.69) is 5.32 Å².